The highest BCUT2D eigenvalue weighted by atomic mass is 15.3. The zero-order valence-corrected chi connectivity index (χ0v) is 10.5. The Morgan fingerprint density at radius 1 is 1.41 bits per heavy atom. The van der Waals surface area contributed by atoms with Gasteiger partial charge in [0, 0.05) is 25.6 Å². The fourth-order valence-corrected chi connectivity index (χ4v) is 1.92. The first-order valence-electron chi connectivity index (χ1n) is 5.85. The summed E-state index contributed by atoms with van der Waals surface area (Å²) in [6.07, 6.45) is 5.73. The van der Waals surface area contributed by atoms with E-state index in [4.69, 9.17) is 0 Å². The molecule has 2 rings (SSSR count). The molecule has 0 saturated carbocycles. The van der Waals surface area contributed by atoms with Gasteiger partial charge >= 0.3 is 0 Å². The molecule has 0 radical (unpaired) electrons. The lowest BCUT2D eigenvalue weighted by Gasteiger charge is -2.16. The summed E-state index contributed by atoms with van der Waals surface area (Å²) in [5.41, 5.74) is 3.36. The first-order chi connectivity index (χ1) is 8.20. The van der Waals surface area contributed by atoms with Crippen LogP contribution in [0.3, 0.4) is 0 Å². The van der Waals surface area contributed by atoms with Crippen molar-refractivity contribution >= 4 is 0 Å². The van der Waals surface area contributed by atoms with E-state index in [-0.39, 0.29) is 6.04 Å². The fourth-order valence-electron chi connectivity index (χ4n) is 1.92. The Hall–Kier alpha value is -1.68. The number of aryl methyl sites for hydroxylation is 2. The topological polar surface area (TPSA) is 42.7 Å². The molecule has 0 amide bonds. The monoisotopic (exact) mass is 230 g/mol. The van der Waals surface area contributed by atoms with Gasteiger partial charge in [-0.3, -0.25) is 9.67 Å². The Labute approximate surface area is 102 Å². The smallest absolute Gasteiger partial charge is 0.0839 e. The van der Waals surface area contributed by atoms with Crippen molar-refractivity contribution in [3.8, 4) is 0 Å². The summed E-state index contributed by atoms with van der Waals surface area (Å²) in [4.78, 5) is 4.25. The van der Waals surface area contributed by atoms with E-state index in [0.29, 0.717) is 0 Å². The van der Waals surface area contributed by atoms with Gasteiger partial charge in [-0.15, -0.1) is 0 Å². The number of aromatic nitrogens is 3. The second kappa shape index (κ2) is 5.10. The van der Waals surface area contributed by atoms with E-state index in [9.17, 15) is 0 Å². The van der Waals surface area contributed by atoms with Crippen LogP contribution in [0.1, 0.15) is 29.8 Å². The average molecular weight is 230 g/mol. The van der Waals surface area contributed by atoms with Gasteiger partial charge in [-0.2, -0.15) is 5.10 Å². The van der Waals surface area contributed by atoms with Gasteiger partial charge in [-0.05, 0) is 30.7 Å². The minimum absolute atomic E-state index is 0.119. The molecule has 0 saturated heterocycles. The van der Waals surface area contributed by atoms with Gasteiger partial charge in [-0.1, -0.05) is 13.0 Å². The number of pyridine rings is 1. The maximum Gasteiger partial charge on any atom is 0.0839 e. The Morgan fingerprint density at radius 3 is 2.82 bits per heavy atom. The largest absolute Gasteiger partial charge is 0.305 e. The Kier molecular flexibility index (Phi) is 3.54. The van der Waals surface area contributed by atoms with E-state index >= 15 is 0 Å². The van der Waals surface area contributed by atoms with Crippen LogP contribution >= 0.6 is 0 Å². The number of rotatable bonds is 4. The van der Waals surface area contributed by atoms with Crippen molar-refractivity contribution in [3.63, 3.8) is 0 Å². The van der Waals surface area contributed by atoms with Crippen LogP contribution in [0.4, 0.5) is 0 Å². The molecule has 2 aromatic rings. The zero-order chi connectivity index (χ0) is 12.3. The van der Waals surface area contributed by atoms with Crippen molar-refractivity contribution in [2.24, 2.45) is 7.05 Å². The lowest BCUT2D eigenvalue weighted by molar-refractivity contribution is 0.598. The quantitative estimate of drug-likeness (QED) is 0.871. The van der Waals surface area contributed by atoms with Crippen LogP contribution in [-0.2, 0) is 7.05 Å². The molecule has 2 aromatic heterocycles. The summed E-state index contributed by atoms with van der Waals surface area (Å²) >= 11 is 0. The first kappa shape index (κ1) is 11.8. The SMILES string of the molecule is CCNC(c1cncc(C)c1)c1ccn(C)n1. The van der Waals surface area contributed by atoms with E-state index in [1.165, 1.54) is 5.56 Å². The predicted octanol–water partition coefficient (Wildman–Crippen LogP) is 1.82. The van der Waals surface area contributed by atoms with Crippen LogP contribution < -0.4 is 5.32 Å². The minimum Gasteiger partial charge on any atom is -0.305 e. The molecule has 0 fully saturated rings. The molecule has 0 aliphatic heterocycles. The van der Waals surface area contributed by atoms with E-state index in [0.717, 1.165) is 17.8 Å². The summed E-state index contributed by atoms with van der Waals surface area (Å²) in [5.74, 6) is 0. The van der Waals surface area contributed by atoms with Gasteiger partial charge in [-0.25, -0.2) is 0 Å². The number of hydrogen-bond donors (Lipinski definition) is 1. The summed E-state index contributed by atoms with van der Waals surface area (Å²) < 4.78 is 1.82. The van der Waals surface area contributed by atoms with Crippen molar-refractivity contribution in [1.82, 2.24) is 20.1 Å². The highest BCUT2D eigenvalue weighted by Gasteiger charge is 2.15. The van der Waals surface area contributed by atoms with Crippen LogP contribution in [0.25, 0.3) is 0 Å². The molecule has 0 spiro atoms. The summed E-state index contributed by atoms with van der Waals surface area (Å²) in [6.45, 7) is 5.05. The summed E-state index contributed by atoms with van der Waals surface area (Å²) in [6, 6.07) is 4.30. The molecule has 4 heteroatoms. The molecule has 0 aromatic carbocycles. The predicted molar refractivity (Wildman–Crippen MR) is 67.7 cm³/mol. The molecule has 4 nitrogen and oxygen atoms in total. The molecule has 0 aliphatic rings. The van der Waals surface area contributed by atoms with Gasteiger partial charge in [0.25, 0.3) is 0 Å². The third kappa shape index (κ3) is 2.71. The van der Waals surface area contributed by atoms with E-state index in [1.807, 2.05) is 36.4 Å². The third-order valence-electron chi connectivity index (χ3n) is 2.67. The number of nitrogens with one attached hydrogen (secondary N) is 1. The van der Waals surface area contributed by atoms with Crippen molar-refractivity contribution in [3.05, 3.63) is 47.5 Å². The molecule has 1 unspecified atom stereocenters. The molecule has 0 aliphatic carbocycles. The molecule has 1 N–H and O–H groups in total. The maximum absolute atomic E-state index is 4.46. The maximum atomic E-state index is 4.46. The van der Waals surface area contributed by atoms with Gasteiger partial charge in [0.1, 0.15) is 0 Å². The van der Waals surface area contributed by atoms with Crippen LogP contribution in [-0.4, -0.2) is 21.3 Å². The van der Waals surface area contributed by atoms with Crippen molar-refractivity contribution in [1.29, 1.82) is 0 Å². The van der Waals surface area contributed by atoms with Gasteiger partial charge in [0.2, 0.25) is 0 Å². The van der Waals surface area contributed by atoms with E-state index in [2.05, 4.69) is 35.3 Å². The van der Waals surface area contributed by atoms with Crippen LogP contribution in [0, 0.1) is 6.92 Å². The van der Waals surface area contributed by atoms with E-state index < -0.39 is 0 Å². The molecule has 1 atom stereocenters. The van der Waals surface area contributed by atoms with Gasteiger partial charge in [0.15, 0.2) is 0 Å². The lowest BCUT2D eigenvalue weighted by Crippen LogP contribution is -2.22. The summed E-state index contributed by atoms with van der Waals surface area (Å²) in [7, 11) is 1.93. The Balaban J connectivity index is 2.35. The van der Waals surface area contributed by atoms with Gasteiger partial charge in [0.05, 0.1) is 11.7 Å². The van der Waals surface area contributed by atoms with Crippen molar-refractivity contribution in [2.75, 3.05) is 6.54 Å². The van der Waals surface area contributed by atoms with Gasteiger partial charge < -0.3 is 5.32 Å². The Morgan fingerprint density at radius 2 is 2.24 bits per heavy atom. The highest BCUT2D eigenvalue weighted by Crippen LogP contribution is 2.20. The lowest BCUT2D eigenvalue weighted by atomic mass is 10.0. The Bertz CT molecular complexity index is 490. The molecule has 0 bridgehead atoms. The third-order valence-corrected chi connectivity index (χ3v) is 2.67. The second-order valence-corrected chi connectivity index (χ2v) is 4.20. The highest BCUT2D eigenvalue weighted by molar-refractivity contribution is 5.27. The number of hydrogen-bond acceptors (Lipinski definition) is 3. The molecule has 2 heterocycles. The fraction of sp³-hybridized carbons (Fsp3) is 0.385. The van der Waals surface area contributed by atoms with Crippen molar-refractivity contribution < 1.29 is 0 Å². The second-order valence-electron chi connectivity index (χ2n) is 4.20. The standard InChI is InChI=1S/C13H18N4/c1-4-15-13(12-5-6-17(3)16-12)11-7-10(2)8-14-9-11/h5-9,13,15H,4H2,1-3H3. The minimum atomic E-state index is 0.119. The van der Waals surface area contributed by atoms with Crippen LogP contribution in [0.15, 0.2) is 30.7 Å². The molecule has 17 heavy (non-hydrogen) atoms. The molecule has 90 valence electrons. The normalized spacial score (nSPS) is 12.6. The molecular formula is C13H18N4. The van der Waals surface area contributed by atoms with E-state index in [1.54, 1.807) is 0 Å². The van der Waals surface area contributed by atoms with Crippen molar-refractivity contribution in [2.45, 2.75) is 19.9 Å². The number of nitrogens with zero attached hydrogens (tertiary/aromatic N) is 3. The first-order valence-corrected chi connectivity index (χ1v) is 5.85. The van der Waals surface area contributed by atoms with Crippen LogP contribution in [0.5, 0.6) is 0 Å². The average Bonchev–Trinajstić information content (AvgIpc) is 2.72. The van der Waals surface area contributed by atoms with Crippen LogP contribution in [0.2, 0.25) is 0 Å². The molecular weight excluding hydrogens is 212 g/mol. The zero-order valence-electron chi connectivity index (χ0n) is 10.5. The summed E-state index contributed by atoms with van der Waals surface area (Å²) in [5, 5.41) is 7.90.